The van der Waals surface area contributed by atoms with E-state index in [4.69, 9.17) is 4.74 Å². The Morgan fingerprint density at radius 1 is 1.59 bits per heavy atom. The van der Waals surface area contributed by atoms with E-state index in [1.165, 1.54) is 7.11 Å². The third-order valence-corrected chi connectivity index (χ3v) is 2.38. The Labute approximate surface area is 102 Å². The van der Waals surface area contributed by atoms with Gasteiger partial charge in [0.2, 0.25) is 0 Å². The standard InChI is InChI=1S/C12H21N3O2/c1-5-6-15-8-10(7-13-15)11(12(16)17-4)14-9(2)3/h7-9,11,14H,5-6H2,1-4H3. The van der Waals surface area contributed by atoms with Gasteiger partial charge in [0.1, 0.15) is 6.04 Å². The summed E-state index contributed by atoms with van der Waals surface area (Å²) in [6.45, 7) is 6.93. The van der Waals surface area contributed by atoms with Crippen LogP contribution in [0.4, 0.5) is 0 Å². The molecular formula is C12H21N3O2. The summed E-state index contributed by atoms with van der Waals surface area (Å²) >= 11 is 0. The highest BCUT2D eigenvalue weighted by Gasteiger charge is 2.23. The molecule has 1 aromatic rings. The van der Waals surface area contributed by atoms with E-state index in [1.54, 1.807) is 6.20 Å². The van der Waals surface area contributed by atoms with Gasteiger partial charge >= 0.3 is 5.97 Å². The molecule has 0 spiro atoms. The van der Waals surface area contributed by atoms with Crippen molar-refractivity contribution in [1.82, 2.24) is 15.1 Å². The van der Waals surface area contributed by atoms with Crippen molar-refractivity contribution >= 4 is 5.97 Å². The molecular weight excluding hydrogens is 218 g/mol. The largest absolute Gasteiger partial charge is 0.468 e. The average molecular weight is 239 g/mol. The van der Waals surface area contributed by atoms with Gasteiger partial charge in [-0.3, -0.25) is 10.00 Å². The zero-order valence-electron chi connectivity index (χ0n) is 10.9. The molecule has 5 heteroatoms. The van der Waals surface area contributed by atoms with Gasteiger partial charge in [-0.05, 0) is 20.3 Å². The van der Waals surface area contributed by atoms with Gasteiger partial charge in [-0.25, -0.2) is 4.79 Å². The molecule has 1 aromatic heterocycles. The topological polar surface area (TPSA) is 56.2 Å². The molecule has 1 atom stereocenters. The lowest BCUT2D eigenvalue weighted by atomic mass is 10.1. The number of nitrogens with one attached hydrogen (secondary N) is 1. The highest BCUT2D eigenvalue weighted by molar-refractivity contribution is 5.77. The number of carbonyl (C=O) groups excluding carboxylic acids is 1. The molecule has 0 saturated carbocycles. The van der Waals surface area contributed by atoms with Crippen LogP contribution < -0.4 is 5.32 Å². The van der Waals surface area contributed by atoms with Gasteiger partial charge in [0, 0.05) is 24.3 Å². The summed E-state index contributed by atoms with van der Waals surface area (Å²) in [5.74, 6) is -0.283. The van der Waals surface area contributed by atoms with E-state index in [2.05, 4.69) is 17.3 Å². The van der Waals surface area contributed by atoms with Crippen molar-refractivity contribution in [1.29, 1.82) is 0 Å². The van der Waals surface area contributed by atoms with Gasteiger partial charge in [0.15, 0.2) is 0 Å². The van der Waals surface area contributed by atoms with Crippen LogP contribution in [0.1, 0.15) is 38.8 Å². The highest BCUT2D eigenvalue weighted by atomic mass is 16.5. The van der Waals surface area contributed by atoms with Gasteiger partial charge < -0.3 is 4.74 Å². The Morgan fingerprint density at radius 3 is 2.82 bits per heavy atom. The van der Waals surface area contributed by atoms with E-state index in [0.717, 1.165) is 18.5 Å². The molecule has 0 aliphatic heterocycles. The molecule has 0 aromatic carbocycles. The van der Waals surface area contributed by atoms with Gasteiger partial charge in [-0.15, -0.1) is 0 Å². The fourth-order valence-corrected chi connectivity index (χ4v) is 1.63. The molecule has 0 fully saturated rings. The minimum atomic E-state index is -0.439. The molecule has 1 N–H and O–H groups in total. The van der Waals surface area contributed by atoms with E-state index in [0.29, 0.717) is 0 Å². The number of ether oxygens (including phenoxy) is 1. The SMILES string of the molecule is CCCn1cc(C(NC(C)C)C(=O)OC)cn1. The van der Waals surface area contributed by atoms with E-state index >= 15 is 0 Å². The number of carbonyl (C=O) groups is 1. The second kappa shape index (κ2) is 6.39. The van der Waals surface area contributed by atoms with Crippen LogP contribution in [-0.4, -0.2) is 28.9 Å². The van der Waals surface area contributed by atoms with Crippen molar-refractivity contribution in [2.75, 3.05) is 7.11 Å². The lowest BCUT2D eigenvalue weighted by Gasteiger charge is -2.17. The highest BCUT2D eigenvalue weighted by Crippen LogP contribution is 2.14. The first kappa shape index (κ1) is 13.7. The van der Waals surface area contributed by atoms with Crippen LogP contribution in [-0.2, 0) is 16.1 Å². The summed E-state index contributed by atoms with van der Waals surface area (Å²) in [5.41, 5.74) is 0.846. The number of rotatable bonds is 6. The monoisotopic (exact) mass is 239 g/mol. The van der Waals surface area contributed by atoms with Crippen LogP contribution in [0.2, 0.25) is 0 Å². The van der Waals surface area contributed by atoms with Gasteiger partial charge in [0.05, 0.1) is 13.3 Å². The predicted octanol–water partition coefficient (Wildman–Crippen LogP) is 1.51. The quantitative estimate of drug-likeness (QED) is 0.764. The number of hydrogen-bond acceptors (Lipinski definition) is 4. The van der Waals surface area contributed by atoms with Gasteiger partial charge in [0.25, 0.3) is 0 Å². The minimum absolute atomic E-state index is 0.202. The second-order valence-electron chi connectivity index (χ2n) is 4.31. The predicted molar refractivity (Wildman–Crippen MR) is 65.5 cm³/mol. The molecule has 5 nitrogen and oxygen atoms in total. The van der Waals surface area contributed by atoms with Crippen LogP contribution >= 0.6 is 0 Å². The van der Waals surface area contributed by atoms with E-state index in [1.807, 2.05) is 24.7 Å². The number of aryl methyl sites for hydroxylation is 1. The Kier molecular flexibility index (Phi) is 5.15. The zero-order valence-corrected chi connectivity index (χ0v) is 10.9. The third kappa shape index (κ3) is 3.85. The first-order valence-corrected chi connectivity index (χ1v) is 5.94. The van der Waals surface area contributed by atoms with Crippen molar-refractivity contribution in [3.05, 3.63) is 18.0 Å². The molecule has 1 rings (SSSR count). The summed E-state index contributed by atoms with van der Waals surface area (Å²) < 4.78 is 6.64. The van der Waals surface area contributed by atoms with Crippen LogP contribution in [0.25, 0.3) is 0 Å². The van der Waals surface area contributed by atoms with Crippen LogP contribution in [0.15, 0.2) is 12.4 Å². The fraction of sp³-hybridized carbons (Fsp3) is 0.667. The van der Waals surface area contributed by atoms with E-state index in [-0.39, 0.29) is 12.0 Å². The maximum Gasteiger partial charge on any atom is 0.327 e. The van der Waals surface area contributed by atoms with Crippen LogP contribution in [0.5, 0.6) is 0 Å². The molecule has 0 saturated heterocycles. The number of aromatic nitrogens is 2. The maximum absolute atomic E-state index is 11.7. The van der Waals surface area contributed by atoms with E-state index < -0.39 is 6.04 Å². The normalized spacial score (nSPS) is 12.8. The summed E-state index contributed by atoms with van der Waals surface area (Å²) in [6, 6.07) is -0.237. The first-order valence-electron chi connectivity index (χ1n) is 5.94. The lowest BCUT2D eigenvalue weighted by molar-refractivity contribution is -0.143. The molecule has 0 radical (unpaired) electrons. The number of esters is 1. The molecule has 1 unspecified atom stereocenters. The smallest absolute Gasteiger partial charge is 0.327 e. The molecule has 0 aliphatic rings. The third-order valence-electron chi connectivity index (χ3n) is 2.38. The summed E-state index contributed by atoms with van der Waals surface area (Å²) in [6.07, 6.45) is 4.62. The molecule has 96 valence electrons. The van der Waals surface area contributed by atoms with Crippen molar-refractivity contribution in [3.63, 3.8) is 0 Å². The lowest BCUT2D eigenvalue weighted by Crippen LogP contribution is -2.34. The zero-order chi connectivity index (χ0) is 12.8. The maximum atomic E-state index is 11.7. The Bertz CT molecular complexity index is 360. The van der Waals surface area contributed by atoms with Crippen molar-refractivity contribution in [3.8, 4) is 0 Å². The Hall–Kier alpha value is -1.36. The van der Waals surface area contributed by atoms with Gasteiger partial charge in [-0.2, -0.15) is 5.10 Å². The molecule has 0 amide bonds. The summed E-state index contributed by atoms with van der Waals surface area (Å²) in [5, 5.41) is 7.39. The molecule has 0 bridgehead atoms. The Morgan fingerprint density at radius 2 is 2.29 bits per heavy atom. The number of hydrogen-bond donors (Lipinski definition) is 1. The Balaban J connectivity index is 2.83. The van der Waals surface area contributed by atoms with Crippen molar-refractivity contribution < 1.29 is 9.53 Å². The van der Waals surface area contributed by atoms with Crippen LogP contribution in [0.3, 0.4) is 0 Å². The van der Waals surface area contributed by atoms with Crippen molar-refractivity contribution in [2.24, 2.45) is 0 Å². The minimum Gasteiger partial charge on any atom is -0.468 e. The van der Waals surface area contributed by atoms with Crippen LogP contribution in [0, 0.1) is 0 Å². The van der Waals surface area contributed by atoms with Gasteiger partial charge in [-0.1, -0.05) is 6.92 Å². The van der Waals surface area contributed by atoms with Crippen molar-refractivity contribution in [2.45, 2.75) is 45.8 Å². The second-order valence-corrected chi connectivity index (χ2v) is 4.31. The molecule has 17 heavy (non-hydrogen) atoms. The first-order chi connectivity index (χ1) is 8.08. The molecule has 0 aliphatic carbocycles. The van der Waals surface area contributed by atoms with E-state index in [9.17, 15) is 4.79 Å². The summed E-state index contributed by atoms with van der Waals surface area (Å²) in [4.78, 5) is 11.7. The number of methoxy groups -OCH3 is 1. The fourth-order valence-electron chi connectivity index (χ4n) is 1.63. The molecule has 1 heterocycles. The summed E-state index contributed by atoms with van der Waals surface area (Å²) in [7, 11) is 1.40. The average Bonchev–Trinajstić information content (AvgIpc) is 2.73. The number of nitrogens with zero attached hydrogens (tertiary/aromatic N) is 2.